The van der Waals surface area contributed by atoms with Crippen molar-refractivity contribution < 1.29 is 14.9 Å². The summed E-state index contributed by atoms with van der Waals surface area (Å²) in [5, 5.41) is 17.8. The zero-order valence-corrected chi connectivity index (χ0v) is 7.86. The van der Waals surface area contributed by atoms with Gasteiger partial charge in [-0.2, -0.15) is 0 Å². The summed E-state index contributed by atoms with van der Waals surface area (Å²) >= 11 is 0. The minimum Gasteiger partial charge on any atom is -0.396 e. The third-order valence-corrected chi connectivity index (χ3v) is 1.58. The average molecular weight is 177 g/mol. The molecular weight excluding hydrogens is 158 g/mol. The third-order valence-electron chi connectivity index (χ3n) is 1.58. The normalized spacial score (nSPS) is 13.8. The van der Waals surface area contributed by atoms with E-state index in [-0.39, 0.29) is 6.61 Å². The van der Waals surface area contributed by atoms with E-state index in [9.17, 15) is 5.11 Å². The molecule has 0 saturated carbocycles. The Morgan fingerprint density at radius 3 is 2.67 bits per heavy atom. The van der Waals surface area contributed by atoms with E-state index in [4.69, 9.17) is 9.84 Å². The summed E-state index contributed by atoms with van der Waals surface area (Å²) in [6.45, 7) is 1.96. The molecular formula is C8H19NO3. The van der Waals surface area contributed by atoms with Crippen LogP contribution in [0.2, 0.25) is 0 Å². The highest BCUT2D eigenvalue weighted by Crippen LogP contribution is 1.91. The first-order valence-corrected chi connectivity index (χ1v) is 4.17. The Bertz CT molecular complexity index is 100. The van der Waals surface area contributed by atoms with E-state index in [0.29, 0.717) is 13.2 Å². The lowest BCUT2D eigenvalue weighted by atomic mass is 10.3. The van der Waals surface area contributed by atoms with Gasteiger partial charge in [0.2, 0.25) is 0 Å². The van der Waals surface area contributed by atoms with Crippen LogP contribution in [0.4, 0.5) is 0 Å². The number of rotatable bonds is 7. The second kappa shape index (κ2) is 7.49. The second-order valence-corrected chi connectivity index (χ2v) is 2.95. The van der Waals surface area contributed by atoms with Gasteiger partial charge in [-0.1, -0.05) is 0 Å². The van der Waals surface area contributed by atoms with Gasteiger partial charge in [-0.25, -0.2) is 0 Å². The molecule has 0 fully saturated rings. The van der Waals surface area contributed by atoms with E-state index >= 15 is 0 Å². The molecule has 0 spiro atoms. The van der Waals surface area contributed by atoms with Crippen molar-refractivity contribution in [2.24, 2.45) is 0 Å². The Balaban J connectivity index is 3.33. The molecule has 0 aromatic heterocycles. The predicted molar refractivity (Wildman–Crippen MR) is 47.1 cm³/mol. The fraction of sp³-hybridized carbons (Fsp3) is 1.00. The highest BCUT2D eigenvalue weighted by atomic mass is 16.5. The van der Waals surface area contributed by atoms with E-state index in [0.717, 1.165) is 13.0 Å². The zero-order chi connectivity index (χ0) is 9.40. The van der Waals surface area contributed by atoms with Crippen molar-refractivity contribution in [2.75, 3.05) is 40.5 Å². The topological polar surface area (TPSA) is 52.9 Å². The lowest BCUT2D eigenvalue weighted by Gasteiger charge is -2.19. The van der Waals surface area contributed by atoms with Crippen molar-refractivity contribution >= 4 is 0 Å². The number of aliphatic hydroxyl groups is 2. The molecule has 0 aromatic carbocycles. The maximum Gasteiger partial charge on any atom is 0.0899 e. The minimum absolute atomic E-state index is 0.199. The lowest BCUT2D eigenvalue weighted by molar-refractivity contribution is 0.0422. The molecule has 74 valence electrons. The van der Waals surface area contributed by atoms with E-state index in [1.54, 1.807) is 7.11 Å². The van der Waals surface area contributed by atoms with Crippen LogP contribution in [0.3, 0.4) is 0 Å². The molecule has 0 radical (unpaired) electrons. The van der Waals surface area contributed by atoms with Crippen molar-refractivity contribution in [1.29, 1.82) is 0 Å². The van der Waals surface area contributed by atoms with Crippen LogP contribution in [-0.4, -0.2) is 61.7 Å². The molecule has 0 aliphatic rings. The molecule has 0 amide bonds. The first-order chi connectivity index (χ1) is 5.70. The van der Waals surface area contributed by atoms with Gasteiger partial charge < -0.3 is 19.8 Å². The minimum atomic E-state index is -0.432. The van der Waals surface area contributed by atoms with Crippen LogP contribution in [-0.2, 0) is 4.74 Å². The van der Waals surface area contributed by atoms with Crippen LogP contribution in [0.5, 0.6) is 0 Å². The molecule has 0 aliphatic carbocycles. The first-order valence-electron chi connectivity index (χ1n) is 4.17. The molecule has 12 heavy (non-hydrogen) atoms. The third kappa shape index (κ3) is 6.54. The molecule has 4 nitrogen and oxygen atoms in total. The van der Waals surface area contributed by atoms with Crippen LogP contribution in [0.15, 0.2) is 0 Å². The van der Waals surface area contributed by atoms with Gasteiger partial charge in [0.05, 0.1) is 12.7 Å². The fourth-order valence-electron chi connectivity index (χ4n) is 1.04. The summed E-state index contributed by atoms with van der Waals surface area (Å²) in [5.41, 5.74) is 0. The summed E-state index contributed by atoms with van der Waals surface area (Å²) in [4.78, 5) is 1.97. The van der Waals surface area contributed by atoms with E-state index in [1.807, 2.05) is 11.9 Å². The van der Waals surface area contributed by atoms with Crippen molar-refractivity contribution in [3.8, 4) is 0 Å². The smallest absolute Gasteiger partial charge is 0.0899 e. The molecule has 0 heterocycles. The number of hydrogen-bond acceptors (Lipinski definition) is 4. The van der Waals surface area contributed by atoms with Crippen molar-refractivity contribution in [2.45, 2.75) is 12.5 Å². The summed E-state index contributed by atoms with van der Waals surface area (Å²) in [6, 6.07) is 0. The highest BCUT2D eigenvalue weighted by molar-refractivity contribution is 4.59. The average Bonchev–Trinajstić information content (AvgIpc) is 2.01. The standard InChI is InChI=1S/C8H19NO3/c1-9(4-3-5-10)6-8(11)7-12-2/h8,10-11H,3-7H2,1-2H3. The van der Waals surface area contributed by atoms with Gasteiger partial charge in [-0.15, -0.1) is 0 Å². The monoisotopic (exact) mass is 177 g/mol. The fourth-order valence-corrected chi connectivity index (χ4v) is 1.04. The summed E-state index contributed by atoms with van der Waals surface area (Å²) in [6.07, 6.45) is 0.314. The maximum absolute atomic E-state index is 9.29. The van der Waals surface area contributed by atoms with Gasteiger partial charge in [0, 0.05) is 26.8 Å². The Morgan fingerprint density at radius 2 is 2.17 bits per heavy atom. The summed E-state index contributed by atoms with van der Waals surface area (Å²) in [7, 11) is 3.48. The summed E-state index contributed by atoms with van der Waals surface area (Å²) < 4.78 is 4.78. The van der Waals surface area contributed by atoms with Gasteiger partial charge in [-0.3, -0.25) is 0 Å². The SMILES string of the molecule is COCC(O)CN(C)CCCO. The largest absolute Gasteiger partial charge is 0.396 e. The number of nitrogens with zero attached hydrogens (tertiary/aromatic N) is 1. The second-order valence-electron chi connectivity index (χ2n) is 2.95. The lowest BCUT2D eigenvalue weighted by Crippen LogP contribution is -2.32. The van der Waals surface area contributed by atoms with E-state index in [1.165, 1.54) is 0 Å². The Kier molecular flexibility index (Phi) is 7.39. The molecule has 4 heteroatoms. The molecule has 0 rings (SSSR count). The highest BCUT2D eigenvalue weighted by Gasteiger charge is 2.06. The Labute approximate surface area is 73.8 Å². The Hall–Kier alpha value is -0.160. The number of aliphatic hydroxyl groups excluding tert-OH is 2. The molecule has 0 bridgehead atoms. The number of methoxy groups -OCH3 is 1. The van der Waals surface area contributed by atoms with Gasteiger partial charge in [0.1, 0.15) is 0 Å². The van der Waals surface area contributed by atoms with Crippen molar-refractivity contribution in [1.82, 2.24) is 4.90 Å². The van der Waals surface area contributed by atoms with Gasteiger partial charge >= 0.3 is 0 Å². The molecule has 0 aromatic rings. The van der Waals surface area contributed by atoms with Crippen LogP contribution >= 0.6 is 0 Å². The van der Waals surface area contributed by atoms with Crippen molar-refractivity contribution in [3.05, 3.63) is 0 Å². The molecule has 2 N–H and O–H groups in total. The Morgan fingerprint density at radius 1 is 1.50 bits per heavy atom. The molecule has 1 atom stereocenters. The molecule has 1 unspecified atom stereocenters. The predicted octanol–water partition coefficient (Wildman–Crippen LogP) is -0.692. The zero-order valence-electron chi connectivity index (χ0n) is 7.86. The van der Waals surface area contributed by atoms with Crippen LogP contribution in [0.25, 0.3) is 0 Å². The summed E-state index contributed by atoms with van der Waals surface area (Å²) in [5.74, 6) is 0. The van der Waals surface area contributed by atoms with Gasteiger partial charge in [0.25, 0.3) is 0 Å². The molecule has 0 aliphatic heterocycles. The molecule has 0 saturated heterocycles. The van der Waals surface area contributed by atoms with E-state index < -0.39 is 6.10 Å². The number of hydrogen-bond donors (Lipinski definition) is 2. The van der Waals surface area contributed by atoms with Crippen LogP contribution in [0.1, 0.15) is 6.42 Å². The van der Waals surface area contributed by atoms with Gasteiger partial charge in [0.15, 0.2) is 0 Å². The van der Waals surface area contributed by atoms with Crippen LogP contribution in [0, 0.1) is 0 Å². The first kappa shape index (κ1) is 11.8. The van der Waals surface area contributed by atoms with E-state index in [2.05, 4.69) is 0 Å². The quantitative estimate of drug-likeness (QED) is 0.540. The maximum atomic E-state index is 9.29. The van der Waals surface area contributed by atoms with Gasteiger partial charge in [-0.05, 0) is 13.5 Å². The number of likely N-dealkylation sites (N-methyl/N-ethyl adjacent to an activating group) is 1. The number of ether oxygens (including phenoxy) is 1. The van der Waals surface area contributed by atoms with Crippen LogP contribution < -0.4 is 0 Å². The van der Waals surface area contributed by atoms with Crippen molar-refractivity contribution in [3.63, 3.8) is 0 Å².